The van der Waals surface area contributed by atoms with Gasteiger partial charge in [-0.1, -0.05) is 0 Å². The van der Waals surface area contributed by atoms with Crippen molar-refractivity contribution in [2.24, 2.45) is 0 Å². The smallest absolute Gasteiger partial charge is 0.549 e. The second-order valence-corrected chi connectivity index (χ2v) is 2.26. The summed E-state index contributed by atoms with van der Waals surface area (Å²) >= 11 is 0. The molecular formula is C6H6FeNNiO6+. The summed E-state index contributed by atoms with van der Waals surface area (Å²) in [6.07, 6.45) is 0. The molecular weight excluding hydrogens is 297 g/mol. The van der Waals surface area contributed by atoms with E-state index < -0.39 is 37.5 Å². The van der Waals surface area contributed by atoms with Crippen molar-refractivity contribution >= 4 is 17.9 Å². The van der Waals surface area contributed by atoms with Gasteiger partial charge < -0.3 is 29.7 Å². The van der Waals surface area contributed by atoms with Crippen molar-refractivity contribution < 1.29 is 63.3 Å². The summed E-state index contributed by atoms with van der Waals surface area (Å²) in [5.41, 5.74) is 0. The first-order valence-corrected chi connectivity index (χ1v) is 3.23. The third-order valence-electron chi connectivity index (χ3n) is 1.06. The normalized spacial score (nSPS) is 8.60. The Bertz CT molecular complexity index is 198. The molecule has 0 saturated carbocycles. The standard InChI is InChI=1S/C6H9NO6.Fe.Ni/c8-4(9)1-7(2-5(10)11)3-6(12)13;;/h1-3H2,(H,8,9)(H,10,11)(H,12,13);;/q;2*+2/p-3. The topological polar surface area (TPSA) is 124 Å². The number of hydrogen-bond donors (Lipinski definition) is 0. The molecule has 0 atom stereocenters. The van der Waals surface area contributed by atoms with Crippen molar-refractivity contribution in [3.63, 3.8) is 0 Å². The minimum absolute atomic E-state index is 0. The van der Waals surface area contributed by atoms with Gasteiger partial charge in [-0.25, -0.2) is 0 Å². The second kappa shape index (κ2) is 9.92. The zero-order valence-corrected chi connectivity index (χ0v) is 9.28. The molecule has 88 valence electrons. The quantitative estimate of drug-likeness (QED) is 0.448. The van der Waals surface area contributed by atoms with Crippen molar-refractivity contribution in [3.05, 3.63) is 0 Å². The maximum atomic E-state index is 9.99. The number of carboxylic acids is 3. The molecule has 0 aliphatic carbocycles. The van der Waals surface area contributed by atoms with E-state index in [4.69, 9.17) is 0 Å². The minimum Gasteiger partial charge on any atom is -0.549 e. The van der Waals surface area contributed by atoms with Gasteiger partial charge in [0.25, 0.3) is 0 Å². The first-order chi connectivity index (χ1) is 5.91. The van der Waals surface area contributed by atoms with E-state index in [0.717, 1.165) is 0 Å². The molecule has 0 aromatic heterocycles. The van der Waals surface area contributed by atoms with E-state index in [0.29, 0.717) is 4.90 Å². The number of hydrogen-bond acceptors (Lipinski definition) is 7. The first-order valence-electron chi connectivity index (χ1n) is 3.23. The molecule has 0 radical (unpaired) electrons. The fourth-order valence-electron chi connectivity index (χ4n) is 0.715. The summed E-state index contributed by atoms with van der Waals surface area (Å²) in [5.74, 6) is -4.70. The van der Waals surface area contributed by atoms with Crippen LogP contribution in [-0.2, 0) is 47.9 Å². The van der Waals surface area contributed by atoms with Gasteiger partial charge in [0.2, 0.25) is 0 Å². The Morgan fingerprint density at radius 2 is 1.00 bits per heavy atom. The van der Waals surface area contributed by atoms with Gasteiger partial charge in [-0.2, -0.15) is 0 Å². The number of carbonyl (C=O) groups excluding carboxylic acids is 3. The SMILES string of the molecule is O=C([O-])CN(CC(=O)[O-])CC(=O)[O-].[Fe+2].[Ni+2]. The van der Waals surface area contributed by atoms with Gasteiger partial charge in [0.1, 0.15) is 0 Å². The molecule has 0 aromatic carbocycles. The van der Waals surface area contributed by atoms with Crippen LogP contribution in [0.5, 0.6) is 0 Å². The summed E-state index contributed by atoms with van der Waals surface area (Å²) in [7, 11) is 0. The largest absolute Gasteiger partial charge is 2.00 e. The van der Waals surface area contributed by atoms with Crippen LogP contribution >= 0.6 is 0 Å². The average Bonchev–Trinajstić information content (AvgIpc) is 1.80. The van der Waals surface area contributed by atoms with E-state index >= 15 is 0 Å². The Balaban J connectivity index is -0.000000720. The molecule has 0 aromatic rings. The van der Waals surface area contributed by atoms with E-state index in [1.807, 2.05) is 0 Å². The van der Waals surface area contributed by atoms with Crippen LogP contribution in [0.4, 0.5) is 0 Å². The number of nitrogens with zero attached hydrogens (tertiary/aromatic N) is 1. The summed E-state index contributed by atoms with van der Waals surface area (Å²) < 4.78 is 0. The van der Waals surface area contributed by atoms with Crippen molar-refractivity contribution in [2.75, 3.05) is 19.6 Å². The van der Waals surface area contributed by atoms with Gasteiger partial charge in [-0.15, -0.1) is 0 Å². The molecule has 0 aliphatic rings. The molecule has 0 fully saturated rings. The minimum atomic E-state index is -1.57. The van der Waals surface area contributed by atoms with Gasteiger partial charge in [0, 0.05) is 19.6 Å². The van der Waals surface area contributed by atoms with Gasteiger partial charge in [0.15, 0.2) is 0 Å². The zero-order valence-electron chi connectivity index (χ0n) is 7.19. The Labute approximate surface area is 106 Å². The Morgan fingerprint density at radius 1 is 0.800 bits per heavy atom. The summed E-state index contributed by atoms with van der Waals surface area (Å²) in [5, 5.41) is 30.0. The summed E-state index contributed by atoms with van der Waals surface area (Å²) in [4.78, 5) is 30.6. The fraction of sp³-hybridized carbons (Fsp3) is 0.500. The molecule has 15 heavy (non-hydrogen) atoms. The Hall–Kier alpha value is -0.617. The number of carboxylic acid groups (broad SMARTS) is 3. The zero-order chi connectivity index (χ0) is 10.4. The monoisotopic (exact) mass is 302 g/mol. The van der Waals surface area contributed by atoms with Crippen LogP contribution in [0.3, 0.4) is 0 Å². The molecule has 7 nitrogen and oxygen atoms in total. The summed E-state index contributed by atoms with van der Waals surface area (Å²) in [6.45, 7) is -2.37. The number of rotatable bonds is 6. The van der Waals surface area contributed by atoms with Crippen LogP contribution in [0.25, 0.3) is 0 Å². The van der Waals surface area contributed by atoms with Gasteiger partial charge in [0.05, 0.1) is 17.9 Å². The van der Waals surface area contributed by atoms with Gasteiger partial charge >= 0.3 is 33.6 Å². The van der Waals surface area contributed by atoms with Crippen molar-refractivity contribution in [1.29, 1.82) is 0 Å². The van der Waals surface area contributed by atoms with E-state index in [1.165, 1.54) is 0 Å². The fourth-order valence-corrected chi connectivity index (χ4v) is 0.715. The van der Waals surface area contributed by atoms with Gasteiger partial charge in [-0.3, -0.25) is 4.90 Å². The first kappa shape index (κ1) is 19.9. The van der Waals surface area contributed by atoms with Gasteiger partial charge in [-0.05, 0) is 0 Å². The number of carbonyl (C=O) groups is 3. The van der Waals surface area contributed by atoms with Crippen LogP contribution in [0.2, 0.25) is 0 Å². The maximum absolute atomic E-state index is 9.99. The van der Waals surface area contributed by atoms with E-state index in [2.05, 4.69) is 0 Å². The molecule has 0 aliphatic heterocycles. The molecule has 0 rings (SSSR count). The number of aliphatic carboxylic acids is 3. The average molecular weight is 303 g/mol. The van der Waals surface area contributed by atoms with E-state index in [1.54, 1.807) is 0 Å². The molecule has 0 amide bonds. The molecule has 0 saturated heterocycles. The summed E-state index contributed by atoms with van der Waals surface area (Å²) in [6, 6.07) is 0. The van der Waals surface area contributed by atoms with E-state index in [-0.39, 0.29) is 33.6 Å². The van der Waals surface area contributed by atoms with Crippen LogP contribution in [0.15, 0.2) is 0 Å². The molecule has 0 heterocycles. The third-order valence-corrected chi connectivity index (χ3v) is 1.06. The maximum Gasteiger partial charge on any atom is 2.00 e. The second-order valence-electron chi connectivity index (χ2n) is 2.26. The van der Waals surface area contributed by atoms with Crippen molar-refractivity contribution in [3.8, 4) is 0 Å². The Kier molecular flexibility index (Phi) is 13.1. The van der Waals surface area contributed by atoms with Crippen LogP contribution in [0, 0.1) is 0 Å². The predicted molar refractivity (Wildman–Crippen MR) is 31.5 cm³/mol. The van der Waals surface area contributed by atoms with Crippen LogP contribution < -0.4 is 15.3 Å². The van der Waals surface area contributed by atoms with Crippen LogP contribution in [0.1, 0.15) is 0 Å². The molecule has 0 spiro atoms. The van der Waals surface area contributed by atoms with E-state index in [9.17, 15) is 29.7 Å². The van der Waals surface area contributed by atoms with Crippen LogP contribution in [-0.4, -0.2) is 42.4 Å². The molecule has 0 bridgehead atoms. The van der Waals surface area contributed by atoms with Crippen molar-refractivity contribution in [2.45, 2.75) is 0 Å². The predicted octanol–water partition coefficient (Wildman–Crippen LogP) is -5.47. The third kappa shape index (κ3) is 13.4. The Morgan fingerprint density at radius 3 is 1.13 bits per heavy atom. The molecule has 0 unspecified atom stereocenters. The van der Waals surface area contributed by atoms with Crippen molar-refractivity contribution in [1.82, 2.24) is 4.90 Å². The molecule has 0 N–H and O–H groups in total. The molecule has 9 heteroatoms.